The van der Waals surface area contributed by atoms with Crippen molar-refractivity contribution in [3.8, 4) is 0 Å². The Morgan fingerprint density at radius 2 is 1.88 bits per heavy atom. The third-order valence-electron chi connectivity index (χ3n) is 8.20. The van der Waals surface area contributed by atoms with Crippen molar-refractivity contribution >= 4 is 12.0 Å². The molecule has 6 unspecified atom stereocenters. The lowest BCUT2D eigenvalue weighted by Gasteiger charge is -2.54. The molecule has 1 aliphatic heterocycles. The van der Waals surface area contributed by atoms with Crippen molar-refractivity contribution in [3.63, 3.8) is 0 Å². The van der Waals surface area contributed by atoms with Gasteiger partial charge in [-0.2, -0.15) is 0 Å². The molecular weight excluding hydrogens is 411 g/mol. The molecule has 0 aromatic carbocycles. The van der Waals surface area contributed by atoms with Gasteiger partial charge in [-0.05, 0) is 83.2 Å². The second-order valence-electron chi connectivity index (χ2n) is 10.5. The molecule has 0 aromatic rings. The average molecular weight is 453 g/mol. The van der Waals surface area contributed by atoms with Gasteiger partial charge in [-0.25, -0.2) is 9.18 Å². The average Bonchev–Trinajstić information content (AvgIpc) is 3.59. The van der Waals surface area contributed by atoms with Gasteiger partial charge < -0.3 is 25.6 Å². The number of piperazine rings is 1. The van der Waals surface area contributed by atoms with E-state index in [0.717, 1.165) is 38.6 Å². The Morgan fingerprint density at radius 3 is 2.53 bits per heavy atom. The van der Waals surface area contributed by atoms with Gasteiger partial charge >= 0.3 is 6.09 Å². The molecule has 0 spiro atoms. The lowest BCUT2D eigenvalue weighted by Crippen LogP contribution is -2.67. The van der Waals surface area contributed by atoms with Gasteiger partial charge in [0.15, 0.2) is 0 Å². The zero-order chi connectivity index (χ0) is 22.8. The predicted octanol–water partition coefficient (Wildman–Crippen LogP) is 2.82. The standard InChI is InChI=1S/C24H41FN4O3/c1-15-14-28(24(31)32-23-6-4-3-5-20(23)25)22-11-17(7-10-21(22)29(15)16(2)30)18(12-26)13-27-19-8-9-19/h15,17-23,27H,3-14,26H2,1-2H3/t15-,17?,18?,20?,21?,22?,23?/m0/s1. The third-order valence-corrected chi connectivity index (χ3v) is 8.20. The van der Waals surface area contributed by atoms with Crippen molar-refractivity contribution in [2.45, 2.75) is 108 Å². The van der Waals surface area contributed by atoms with E-state index in [9.17, 15) is 14.0 Å². The molecule has 4 fully saturated rings. The summed E-state index contributed by atoms with van der Waals surface area (Å²) in [4.78, 5) is 29.5. The van der Waals surface area contributed by atoms with Gasteiger partial charge in [-0.3, -0.25) is 4.79 Å². The fourth-order valence-corrected chi connectivity index (χ4v) is 6.27. The Balaban J connectivity index is 1.48. The minimum absolute atomic E-state index is 0.0117. The van der Waals surface area contributed by atoms with Crippen LogP contribution in [0.25, 0.3) is 0 Å². The highest BCUT2D eigenvalue weighted by molar-refractivity contribution is 5.75. The molecule has 7 nitrogen and oxygen atoms in total. The van der Waals surface area contributed by atoms with Crippen LogP contribution in [0.3, 0.4) is 0 Å². The first-order valence-electron chi connectivity index (χ1n) is 12.7. The number of nitrogens with one attached hydrogen (secondary N) is 1. The lowest BCUT2D eigenvalue weighted by molar-refractivity contribution is -0.143. The van der Waals surface area contributed by atoms with E-state index in [-0.39, 0.29) is 24.0 Å². The molecule has 3 aliphatic carbocycles. The Hall–Kier alpha value is -1.41. The van der Waals surface area contributed by atoms with Gasteiger partial charge in [0.2, 0.25) is 5.91 Å². The molecule has 7 atom stereocenters. The van der Waals surface area contributed by atoms with Crippen molar-refractivity contribution in [2.24, 2.45) is 17.6 Å². The van der Waals surface area contributed by atoms with Crippen LogP contribution in [0.5, 0.6) is 0 Å². The highest BCUT2D eigenvalue weighted by Crippen LogP contribution is 2.39. The number of ether oxygens (including phenoxy) is 1. The largest absolute Gasteiger partial charge is 0.443 e. The second kappa shape index (κ2) is 10.2. The Morgan fingerprint density at radius 1 is 1.12 bits per heavy atom. The summed E-state index contributed by atoms with van der Waals surface area (Å²) in [7, 11) is 0. The van der Waals surface area contributed by atoms with E-state index in [1.54, 1.807) is 6.92 Å². The number of nitrogens with two attached hydrogens (primary N) is 1. The zero-order valence-electron chi connectivity index (χ0n) is 19.7. The number of carbonyl (C=O) groups is 2. The summed E-state index contributed by atoms with van der Waals surface area (Å²) in [6, 6.07) is 0.451. The summed E-state index contributed by atoms with van der Waals surface area (Å²) in [6.45, 7) is 5.57. The smallest absolute Gasteiger partial charge is 0.410 e. The molecule has 1 heterocycles. The van der Waals surface area contributed by atoms with Gasteiger partial charge in [0.25, 0.3) is 0 Å². The molecule has 1 saturated heterocycles. The lowest BCUT2D eigenvalue weighted by atomic mass is 9.73. The topological polar surface area (TPSA) is 87.9 Å². The maximum Gasteiger partial charge on any atom is 0.410 e. The number of carbonyl (C=O) groups excluding carboxylic acids is 2. The zero-order valence-corrected chi connectivity index (χ0v) is 19.7. The Kier molecular flexibility index (Phi) is 7.60. The minimum Gasteiger partial charge on any atom is -0.443 e. The Bertz CT molecular complexity index is 676. The van der Waals surface area contributed by atoms with Crippen molar-refractivity contribution in [1.29, 1.82) is 0 Å². The number of nitrogens with zero attached hydrogens (tertiary/aromatic N) is 2. The number of rotatable bonds is 6. The van der Waals surface area contributed by atoms with Crippen LogP contribution in [0.15, 0.2) is 0 Å². The number of alkyl halides is 1. The van der Waals surface area contributed by atoms with Gasteiger partial charge in [-0.1, -0.05) is 6.42 Å². The normalized spacial score (nSPS) is 36.4. The van der Waals surface area contributed by atoms with Crippen LogP contribution in [0.4, 0.5) is 9.18 Å². The molecule has 32 heavy (non-hydrogen) atoms. The van der Waals surface area contributed by atoms with Crippen LogP contribution in [0.2, 0.25) is 0 Å². The van der Waals surface area contributed by atoms with E-state index in [1.165, 1.54) is 12.8 Å². The monoisotopic (exact) mass is 452 g/mol. The SMILES string of the molecule is CC(=O)N1C2CCC(C(CN)CNC3CC3)CC2N(C(=O)OC2CCCCC2F)C[C@@H]1C. The van der Waals surface area contributed by atoms with E-state index in [4.69, 9.17) is 10.5 Å². The number of hydrogen-bond donors (Lipinski definition) is 2. The van der Waals surface area contributed by atoms with Gasteiger partial charge in [0, 0.05) is 25.6 Å². The predicted molar refractivity (Wildman–Crippen MR) is 121 cm³/mol. The van der Waals surface area contributed by atoms with E-state index in [1.807, 2.05) is 16.7 Å². The summed E-state index contributed by atoms with van der Waals surface area (Å²) >= 11 is 0. The molecular formula is C24H41FN4O3. The molecule has 3 N–H and O–H groups in total. The maximum absolute atomic E-state index is 14.4. The van der Waals surface area contributed by atoms with Crippen molar-refractivity contribution < 1.29 is 18.7 Å². The molecule has 182 valence electrons. The molecule has 0 bridgehead atoms. The van der Waals surface area contributed by atoms with Crippen LogP contribution in [0, 0.1) is 11.8 Å². The first-order chi connectivity index (χ1) is 15.4. The quantitative estimate of drug-likeness (QED) is 0.647. The van der Waals surface area contributed by atoms with Gasteiger partial charge in [-0.15, -0.1) is 0 Å². The van der Waals surface area contributed by atoms with E-state index >= 15 is 0 Å². The van der Waals surface area contributed by atoms with Crippen LogP contribution >= 0.6 is 0 Å². The highest BCUT2D eigenvalue weighted by atomic mass is 19.1. The Labute approximate surface area is 191 Å². The fourth-order valence-electron chi connectivity index (χ4n) is 6.27. The molecule has 0 aromatic heterocycles. The van der Waals surface area contributed by atoms with Gasteiger partial charge in [0.1, 0.15) is 12.3 Å². The van der Waals surface area contributed by atoms with Gasteiger partial charge in [0.05, 0.1) is 12.1 Å². The first-order valence-corrected chi connectivity index (χ1v) is 12.7. The number of amides is 2. The molecule has 2 amide bonds. The summed E-state index contributed by atoms with van der Waals surface area (Å²) in [5.74, 6) is 0.808. The summed E-state index contributed by atoms with van der Waals surface area (Å²) in [5, 5.41) is 3.61. The third kappa shape index (κ3) is 5.22. The highest BCUT2D eigenvalue weighted by Gasteiger charge is 2.48. The fraction of sp³-hybridized carbons (Fsp3) is 0.917. The van der Waals surface area contributed by atoms with Crippen molar-refractivity contribution in [3.05, 3.63) is 0 Å². The molecule has 8 heteroatoms. The first kappa shape index (κ1) is 23.7. The maximum atomic E-state index is 14.4. The summed E-state index contributed by atoms with van der Waals surface area (Å²) < 4.78 is 20.1. The number of hydrogen-bond acceptors (Lipinski definition) is 5. The van der Waals surface area contributed by atoms with Crippen molar-refractivity contribution in [1.82, 2.24) is 15.1 Å². The van der Waals surface area contributed by atoms with Crippen LogP contribution in [0.1, 0.15) is 71.6 Å². The van der Waals surface area contributed by atoms with Crippen LogP contribution in [-0.4, -0.2) is 77.9 Å². The van der Waals surface area contributed by atoms with Crippen LogP contribution < -0.4 is 11.1 Å². The molecule has 4 aliphatic rings. The summed E-state index contributed by atoms with van der Waals surface area (Å²) in [6.07, 6.45) is 5.84. The second-order valence-corrected chi connectivity index (χ2v) is 10.5. The summed E-state index contributed by atoms with van der Waals surface area (Å²) in [5.41, 5.74) is 6.16. The van der Waals surface area contributed by atoms with Crippen LogP contribution in [-0.2, 0) is 9.53 Å². The minimum atomic E-state index is -1.08. The number of fused-ring (bicyclic) bond motifs is 1. The molecule has 4 rings (SSSR count). The van der Waals surface area contributed by atoms with Crippen molar-refractivity contribution in [2.75, 3.05) is 19.6 Å². The van der Waals surface area contributed by atoms with E-state index < -0.39 is 18.4 Å². The van der Waals surface area contributed by atoms with E-state index in [2.05, 4.69) is 5.32 Å². The molecule has 3 saturated carbocycles. The van der Waals surface area contributed by atoms with E-state index in [0.29, 0.717) is 43.8 Å². The molecule has 0 radical (unpaired) electrons. The number of halogens is 1.